The van der Waals surface area contributed by atoms with Crippen LogP contribution >= 0.6 is 8.81 Å². The molecule has 0 saturated heterocycles. The van der Waals surface area contributed by atoms with Crippen LogP contribution in [0.15, 0.2) is 30.3 Å². The van der Waals surface area contributed by atoms with E-state index in [2.05, 4.69) is 46.8 Å². The van der Waals surface area contributed by atoms with Crippen molar-refractivity contribution in [3.8, 4) is 17.2 Å². The number of aryl methyl sites for hydroxylation is 3. The van der Waals surface area contributed by atoms with Gasteiger partial charge >= 0.3 is 0 Å². The van der Waals surface area contributed by atoms with E-state index in [1.54, 1.807) is 0 Å². The van der Waals surface area contributed by atoms with Crippen LogP contribution in [-0.2, 0) is 6.16 Å². The second-order valence-electron chi connectivity index (χ2n) is 8.02. The molecule has 0 aliphatic heterocycles. The van der Waals surface area contributed by atoms with Crippen LogP contribution in [0.4, 0.5) is 0 Å². The van der Waals surface area contributed by atoms with Crippen LogP contribution in [0, 0.1) is 20.8 Å². The molecule has 0 bridgehead atoms. The van der Waals surface area contributed by atoms with Gasteiger partial charge in [0.2, 0.25) is 0 Å². The van der Waals surface area contributed by atoms with E-state index in [0.29, 0.717) is 15.4 Å². The van der Waals surface area contributed by atoms with Crippen molar-refractivity contribution >= 4 is 8.81 Å². The minimum atomic E-state index is 0.355. The van der Waals surface area contributed by atoms with Crippen molar-refractivity contribution in [1.82, 2.24) is 0 Å². The minimum Gasteiger partial charge on any atom is -0.493 e. The third kappa shape index (κ3) is 8.19. The Hall–Kier alpha value is -1.73. The van der Waals surface area contributed by atoms with E-state index in [9.17, 15) is 0 Å². The fourth-order valence-corrected chi connectivity index (χ4v) is 4.62. The highest BCUT2D eigenvalue weighted by molar-refractivity contribution is 7.31. The maximum atomic E-state index is 6.18. The summed E-state index contributed by atoms with van der Waals surface area (Å²) in [6.07, 6.45) is 7.81. The van der Waals surface area contributed by atoms with Crippen LogP contribution in [0.25, 0.3) is 0 Å². The lowest BCUT2D eigenvalue weighted by molar-refractivity contribution is 0.286. The number of hydrogen-bond donors (Lipinski definition) is 0. The first kappa shape index (κ1) is 24.5. The number of ether oxygens (including phenoxy) is 2. The van der Waals surface area contributed by atoms with Gasteiger partial charge in [-0.1, -0.05) is 57.2 Å². The van der Waals surface area contributed by atoms with Gasteiger partial charge in [0.05, 0.1) is 22.0 Å². The molecule has 0 aliphatic rings. The summed E-state index contributed by atoms with van der Waals surface area (Å²) in [7, 11) is 0.355. The Balaban J connectivity index is 2.01. The zero-order valence-corrected chi connectivity index (χ0v) is 20.5. The normalized spacial score (nSPS) is 11.2. The number of hydrogen-bond acceptors (Lipinski definition) is 3. The van der Waals surface area contributed by atoms with E-state index in [-0.39, 0.29) is 0 Å². The van der Waals surface area contributed by atoms with Gasteiger partial charge in [0.1, 0.15) is 5.75 Å². The molecule has 0 fully saturated rings. The second kappa shape index (κ2) is 13.5. The van der Waals surface area contributed by atoms with Gasteiger partial charge in [0.15, 0.2) is 11.5 Å². The molecule has 0 saturated carbocycles. The van der Waals surface area contributed by atoms with Gasteiger partial charge < -0.3 is 14.0 Å². The zero-order chi connectivity index (χ0) is 21.8. The molecule has 0 radical (unpaired) electrons. The van der Waals surface area contributed by atoms with E-state index >= 15 is 0 Å². The van der Waals surface area contributed by atoms with Crippen LogP contribution in [0.2, 0.25) is 0 Å². The topological polar surface area (TPSA) is 27.7 Å². The van der Waals surface area contributed by atoms with Gasteiger partial charge in [-0.25, -0.2) is 0 Å². The molecule has 0 amide bonds. The summed E-state index contributed by atoms with van der Waals surface area (Å²) in [6.45, 7) is 12.4. The summed E-state index contributed by atoms with van der Waals surface area (Å²) in [5.41, 5.74) is 5.39. The fraction of sp³-hybridized carbons (Fsp3) is 0.538. The van der Waals surface area contributed by atoms with Gasteiger partial charge in [-0.3, -0.25) is 0 Å². The first-order chi connectivity index (χ1) is 14.5. The number of rotatable bonds is 14. The maximum Gasteiger partial charge on any atom is 0.165 e. The van der Waals surface area contributed by atoms with Crippen molar-refractivity contribution in [3.05, 3.63) is 52.6 Å². The Morgan fingerprint density at radius 3 is 2.00 bits per heavy atom. The van der Waals surface area contributed by atoms with Crippen LogP contribution in [-0.4, -0.2) is 13.2 Å². The molecule has 166 valence electrons. The van der Waals surface area contributed by atoms with Crippen LogP contribution in [0.5, 0.6) is 17.2 Å². The molecular weight excluding hydrogens is 391 g/mol. The van der Waals surface area contributed by atoms with E-state index < -0.39 is 0 Å². The maximum absolute atomic E-state index is 6.18. The first-order valence-electron chi connectivity index (χ1n) is 11.4. The van der Waals surface area contributed by atoms with E-state index in [0.717, 1.165) is 42.9 Å². The van der Waals surface area contributed by atoms with Crippen LogP contribution in [0.3, 0.4) is 0 Å². The lowest BCUT2D eigenvalue weighted by Gasteiger charge is -2.16. The monoisotopic (exact) mass is 430 g/mol. The van der Waals surface area contributed by atoms with E-state index in [1.807, 2.05) is 18.2 Å². The Morgan fingerprint density at radius 2 is 1.37 bits per heavy atom. The minimum absolute atomic E-state index is 0.355. The summed E-state index contributed by atoms with van der Waals surface area (Å²) in [5.74, 6) is 2.47. The van der Waals surface area contributed by atoms with Gasteiger partial charge in [-0.15, -0.1) is 0 Å². The highest BCUT2D eigenvalue weighted by Gasteiger charge is 2.10. The van der Waals surface area contributed by atoms with Gasteiger partial charge in [0, 0.05) is 12.2 Å². The summed E-state index contributed by atoms with van der Waals surface area (Å²) in [4.78, 5) is 0. The molecule has 4 heteroatoms. The van der Waals surface area contributed by atoms with Gasteiger partial charge in [0.25, 0.3) is 0 Å². The Morgan fingerprint density at radius 1 is 0.733 bits per heavy atom. The van der Waals surface area contributed by atoms with E-state index in [4.69, 9.17) is 14.0 Å². The molecule has 0 aliphatic carbocycles. The average Bonchev–Trinajstić information content (AvgIpc) is 2.71. The highest BCUT2D eigenvalue weighted by atomic mass is 31.1. The molecule has 0 spiro atoms. The Bertz CT molecular complexity index is 750. The summed E-state index contributed by atoms with van der Waals surface area (Å²) in [6, 6.07) is 10.5. The van der Waals surface area contributed by atoms with Crippen LogP contribution in [0.1, 0.15) is 74.6 Å². The molecule has 3 nitrogen and oxygen atoms in total. The molecule has 0 aromatic heterocycles. The smallest absolute Gasteiger partial charge is 0.165 e. The lowest BCUT2D eigenvalue weighted by Crippen LogP contribution is -2.01. The van der Waals surface area contributed by atoms with Crippen molar-refractivity contribution < 1.29 is 14.0 Å². The molecular formula is C26H39O3P. The predicted molar refractivity (Wildman–Crippen MR) is 130 cm³/mol. The molecule has 0 heterocycles. The number of unbranched alkanes of at least 4 members (excludes halogenated alkanes) is 4. The molecule has 2 aromatic carbocycles. The quantitative estimate of drug-likeness (QED) is 0.225. The van der Waals surface area contributed by atoms with Crippen molar-refractivity contribution in [2.45, 2.75) is 79.3 Å². The van der Waals surface area contributed by atoms with E-state index in [1.165, 1.54) is 47.9 Å². The second-order valence-corrected chi connectivity index (χ2v) is 8.87. The predicted octanol–water partition coefficient (Wildman–Crippen LogP) is 7.92. The Labute approximate surface area is 185 Å². The molecule has 0 N–H and O–H groups in total. The van der Waals surface area contributed by atoms with Gasteiger partial charge in [-0.05, 0) is 62.4 Å². The van der Waals surface area contributed by atoms with Crippen molar-refractivity contribution in [2.24, 2.45) is 0 Å². The summed E-state index contributed by atoms with van der Waals surface area (Å²) >= 11 is 0. The van der Waals surface area contributed by atoms with Crippen LogP contribution < -0.4 is 14.0 Å². The standard InChI is InChI=1S/C26H39O3P/c1-6-8-10-14-27-23-12-13-25(26(18-23)28-15-11-9-7-2)29-30-19-24-21(4)16-20(3)17-22(24)5/h12-13,16-18,30H,6-11,14-15,19H2,1-5H3. The summed E-state index contributed by atoms with van der Waals surface area (Å²) < 4.78 is 18.2. The third-order valence-electron chi connectivity index (χ3n) is 5.21. The van der Waals surface area contributed by atoms with Gasteiger partial charge in [-0.2, -0.15) is 0 Å². The summed E-state index contributed by atoms with van der Waals surface area (Å²) in [5, 5.41) is 0. The van der Waals surface area contributed by atoms with Crippen molar-refractivity contribution in [2.75, 3.05) is 13.2 Å². The molecule has 2 rings (SSSR count). The SMILES string of the molecule is CCCCCOc1ccc(OPCc2c(C)cc(C)cc2C)c(OCCCCC)c1. The largest absolute Gasteiger partial charge is 0.493 e. The zero-order valence-electron chi connectivity index (χ0n) is 19.5. The van der Waals surface area contributed by atoms with Crippen molar-refractivity contribution in [1.29, 1.82) is 0 Å². The highest BCUT2D eigenvalue weighted by Crippen LogP contribution is 2.37. The molecule has 1 atom stereocenters. The van der Waals surface area contributed by atoms with Crippen molar-refractivity contribution in [3.63, 3.8) is 0 Å². The number of benzene rings is 2. The third-order valence-corrected chi connectivity index (χ3v) is 6.07. The molecule has 30 heavy (non-hydrogen) atoms. The fourth-order valence-electron chi connectivity index (χ4n) is 3.53. The molecule has 2 aromatic rings. The molecule has 1 unspecified atom stereocenters. The lowest BCUT2D eigenvalue weighted by atomic mass is 10.0. The average molecular weight is 431 g/mol. The first-order valence-corrected chi connectivity index (χ1v) is 12.5. The Kier molecular flexibility index (Phi) is 11.1.